The number of hydrogen-bond acceptors (Lipinski definition) is 3. The molecule has 0 spiro atoms. The zero-order valence-electron chi connectivity index (χ0n) is 29.3. The summed E-state index contributed by atoms with van der Waals surface area (Å²) in [5, 5.41) is 4.79. The summed E-state index contributed by atoms with van der Waals surface area (Å²) in [5.74, 6) is 1.87. The van der Waals surface area contributed by atoms with Crippen LogP contribution in [0.2, 0.25) is 0 Å². The van der Waals surface area contributed by atoms with Crippen molar-refractivity contribution in [3.63, 3.8) is 0 Å². The molecule has 3 heterocycles. The fourth-order valence-corrected chi connectivity index (χ4v) is 8.91. The Labute approximate surface area is 306 Å². The molecule has 10 aromatic rings. The molecule has 0 unspecified atom stereocenters. The molecule has 0 saturated carbocycles. The van der Waals surface area contributed by atoms with Crippen LogP contribution in [-0.4, -0.2) is 24.1 Å². The van der Waals surface area contributed by atoms with Crippen LogP contribution in [0.25, 0.3) is 89.2 Å². The van der Waals surface area contributed by atoms with Crippen molar-refractivity contribution in [1.29, 1.82) is 0 Å². The molecule has 0 fully saturated rings. The van der Waals surface area contributed by atoms with Gasteiger partial charge in [-0.25, -0.2) is 4.98 Å². The smallest absolute Gasteiger partial charge is 0.238 e. The Hall–Kier alpha value is -6.85. The zero-order valence-corrected chi connectivity index (χ0v) is 29.3. The fraction of sp³-hybridized carbons (Fsp3) is 0.0625. The van der Waals surface area contributed by atoms with E-state index in [4.69, 9.17) is 15.0 Å². The van der Waals surface area contributed by atoms with Gasteiger partial charge in [-0.1, -0.05) is 153 Å². The SMILES string of the molecule is CC1(C)c2ccccc2-c2c1c1c3ccccc3n(-c3nc(-c4ccccc4)nc(-c4ccccc4)n3)c1c1c3ccccc3n(-c3ccccc3)c21. The fourth-order valence-electron chi connectivity index (χ4n) is 8.91. The minimum absolute atomic E-state index is 0.283. The predicted octanol–water partition coefficient (Wildman–Crippen LogP) is 11.7. The largest absolute Gasteiger partial charge is 0.309 e. The highest BCUT2D eigenvalue weighted by atomic mass is 15.2. The summed E-state index contributed by atoms with van der Waals surface area (Å²) < 4.78 is 4.79. The van der Waals surface area contributed by atoms with Gasteiger partial charge in [0.25, 0.3) is 0 Å². The van der Waals surface area contributed by atoms with Crippen molar-refractivity contribution in [2.75, 3.05) is 0 Å². The second-order valence-corrected chi connectivity index (χ2v) is 14.4. The highest BCUT2D eigenvalue weighted by molar-refractivity contribution is 6.31. The molecule has 0 amide bonds. The van der Waals surface area contributed by atoms with Gasteiger partial charge in [-0.05, 0) is 41.0 Å². The average Bonchev–Trinajstić information content (AvgIpc) is 3.82. The first-order chi connectivity index (χ1) is 26.1. The maximum atomic E-state index is 5.33. The van der Waals surface area contributed by atoms with Crippen molar-refractivity contribution in [3.8, 4) is 45.5 Å². The minimum Gasteiger partial charge on any atom is -0.309 e. The lowest BCUT2D eigenvalue weighted by molar-refractivity contribution is 0.667. The van der Waals surface area contributed by atoms with E-state index in [9.17, 15) is 0 Å². The van der Waals surface area contributed by atoms with Crippen LogP contribution in [0.4, 0.5) is 0 Å². The molecule has 1 aliphatic carbocycles. The molecule has 0 saturated heterocycles. The van der Waals surface area contributed by atoms with Gasteiger partial charge in [0.05, 0.1) is 22.1 Å². The molecule has 0 atom stereocenters. The first-order valence-electron chi connectivity index (χ1n) is 18.1. The number of rotatable bonds is 4. The molecule has 5 heteroatoms. The number of para-hydroxylation sites is 3. The molecule has 11 rings (SSSR count). The number of aromatic nitrogens is 5. The molecule has 1 aliphatic rings. The van der Waals surface area contributed by atoms with Crippen LogP contribution in [0.15, 0.2) is 164 Å². The predicted molar refractivity (Wildman–Crippen MR) is 217 cm³/mol. The monoisotopic (exact) mass is 679 g/mol. The number of hydrogen-bond donors (Lipinski definition) is 0. The van der Waals surface area contributed by atoms with Crippen LogP contribution in [0.3, 0.4) is 0 Å². The average molecular weight is 680 g/mol. The molecule has 0 radical (unpaired) electrons. The molecule has 3 aromatic heterocycles. The second-order valence-electron chi connectivity index (χ2n) is 14.4. The van der Waals surface area contributed by atoms with E-state index in [-0.39, 0.29) is 5.41 Å². The second kappa shape index (κ2) is 11.1. The van der Waals surface area contributed by atoms with Gasteiger partial charge in [-0.3, -0.25) is 4.57 Å². The standard InChI is InChI=1S/C48H33N5/c1-48(2)36-27-15-12-24-33(36)39-42(48)40-34-25-13-17-29-38(34)53(44(40)41-35-26-14-16-28-37(35)52(43(39)41)32-22-10-5-11-23-32)47-50-45(30-18-6-3-7-19-30)49-46(51-47)31-20-8-4-9-21-31/h3-29H,1-2H3. The highest BCUT2D eigenvalue weighted by Gasteiger charge is 2.41. The lowest BCUT2D eigenvalue weighted by Gasteiger charge is -2.23. The van der Waals surface area contributed by atoms with Crippen LogP contribution in [-0.2, 0) is 5.41 Å². The Kier molecular flexibility index (Phi) is 6.23. The number of nitrogens with zero attached hydrogens (tertiary/aromatic N) is 5. The van der Waals surface area contributed by atoms with Gasteiger partial charge in [0.1, 0.15) is 0 Å². The summed E-state index contributed by atoms with van der Waals surface area (Å²) in [7, 11) is 0. The van der Waals surface area contributed by atoms with Crippen LogP contribution in [0, 0.1) is 0 Å². The molecule has 0 bridgehead atoms. The van der Waals surface area contributed by atoms with E-state index in [0.717, 1.165) is 33.4 Å². The molecule has 5 nitrogen and oxygen atoms in total. The zero-order chi connectivity index (χ0) is 35.3. The van der Waals surface area contributed by atoms with Crippen molar-refractivity contribution in [2.45, 2.75) is 19.3 Å². The van der Waals surface area contributed by atoms with Crippen molar-refractivity contribution in [3.05, 3.63) is 175 Å². The Morgan fingerprint density at radius 2 is 0.962 bits per heavy atom. The van der Waals surface area contributed by atoms with E-state index >= 15 is 0 Å². The van der Waals surface area contributed by atoms with Gasteiger partial charge in [-0.2, -0.15) is 9.97 Å². The summed E-state index contributed by atoms with van der Waals surface area (Å²) in [6, 6.07) is 57.8. The van der Waals surface area contributed by atoms with Gasteiger partial charge in [0.2, 0.25) is 5.95 Å². The van der Waals surface area contributed by atoms with E-state index < -0.39 is 0 Å². The number of fused-ring (bicyclic) bond motifs is 12. The minimum atomic E-state index is -0.283. The normalized spacial score (nSPS) is 13.2. The Balaban J connectivity index is 1.41. The Bertz CT molecular complexity index is 3010. The molecule has 7 aromatic carbocycles. The van der Waals surface area contributed by atoms with Crippen LogP contribution >= 0.6 is 0 Å². The lowest BCUT2D eigenvalue weighted by Crippen LogP contribution is -2.15. The third kappa shape index (κ3) is 4.16. The molecular formula is C48H33N5. The summed E-state index contributed by atoms with van der Waals surface area (Å²) in [4.78, 5) is 15.7. The van der Waals surface area contributed by atoms with E-state index in [2.05, 4.69) is 150 Å². The lowest BCUT2D eigenvalue weighted by atomic mass is 9.80. The third-order valence-corrected chi connectivity index (χ3v) is 11.1. The number of benzene rings is 7. The van der Waals surface area contributed by atoms with E-state index in [1.807, 2.05) is 36.4 Å². The highest BCUT2D eigenvalue weighted by Crippen LogP contribution is 2.58. The van der Waals surface area contributed by atoms with Gasteiger partial charge in [0.15, 0.2) is 11.6 Å². The Morgan fingerprint density at radius 1 is 0.453 bits per heavy atom. The van der Waals surface area contributed by atoms with Crippen molar-refractivity contribution < 1.29 is 0 Å². The van der Waals surface area contributed by atoms with Gasteiger partial charge in [0, 0.05) is 49.3 Å². The van der Waals surface area contributed by atoms with E-state index in [0.29, 0.717) is 17.6 Å². The quantitative estimate of drug-likeness (QED) is 0.186. The molecule has 0 aliphatic heterocycles. The molecule has 0 N–H and O–H groups in total. The summed E-state index contributed by atoms with van der Waals surface area (Å²) in [6.07, 6.45) is 0. The summed E-state index contributed by atoms with van der Waals surface area (Å²) >= 11 is 0. The first kappa shape index (κ1) is 29.8. The van der Waals surface area contributed by atoms with Gasteiger partial charge in [-0.15, -0.1) is 0 Å². The first-order valence-corrected chi connectivity index (χ1v) is 18.1. The van der Waals surface area contributed by atoms with Crippen LogP contribution < -0.4 is 0 Å². The van der Waals surface area contributed by atoms with Crippen LogP contribution in [0.5, 0.6) is 0 Å². The van der Waals surface area contributed by atoms with E-state index in [1.165, 1.54) is 49.3 Å². The third-order valence-electron chi connectivity index (χ3n) is 11.1. The van der Waals surface area contributed by atoms with Crippen LogP contribution in [0.1, 0.15) is 25.0 Å². The summed E-state index contributed by atoms with van der Waals surface area (Å²) in [5.41, 5.74) is 12.5. The maximum absolute atomic E-state index is 5.33. The molecular weight excluding hydrogens is 647 g/mol. The van der Waals surface area contributed by atoms with Gasteiger partial charge >= 0.3 is 0 Å². The summed E-state index contributed by atoms with van der Waals surface area (Å²) in [6.45, 7) is 4.77. The molecule has 250 valence electrons. The van der Waals surface area contributed by atoms with Crippen molar-refractivity contribution in [1.82, 2.24) is 24.1 Å². The van der Waals surface area contributed by atoms with E-state index in [1.54, 1.807) is 0 Å². The van der Waals surface area contributed by atoms with Crippen molar-refractivity contribution >= 4 is 43.6 Å². The Morgan fingerprint density at radius 3 is 1.60 bits per heavy atom. The molecule has 53 heavy (non-hydrogen) atoms. The van der Waals surface area contributed by atoms with Gasteiger partial charge < -0.3 is 4.57 Å². The maximum Gasteiger partial charge on any atom is 0.238 e. The topological polar surface area (TPSA) is 48.5 Å². The van der Waals surface area contributed by atoms with Crippen molar-refractivity contribution in [2.24, 2.45) is 0 Å².